The predicted octanol–water partition coefficient (Wildman–Crippen LogP) is 2.93. The van der Waals surface area contributed by atoms with E-state index in [9.17, 15) is 4.79 Å². The molecule has 0 bridgehead atoms. The van der Waals surface area contributed by atoms with Crippen LogP contribution in [0.1, 0.15) is 17.8 Å². The lowest BCUT2D eigenvalue weighted by Gasteiger charge is -2.04. The number of hydrogen-bond donors (Lipinski definition) is 0. The Morgan fingerprint density at radius 1 is 1.39 bits per heavy atom. The topological polar surface area (TPSA) is 34.9 Å². The minimum absolute atomic E-state index is 0.241. The van der Waals surface area contributed by atoms with Gasteiger partial charge in [-0.1, -0.05) is 34.1 Å². The van der Waals surface area contributed by atoms with Crippen molar-refractivity contribution in [1.82, 2.24) is 9.55 Å². The minimum atomic E-state index is 0.241. The molecule has 0 aliphatic rings. The molecule has 0 amide bonds. The lowest BCUT2D eigenvalue weighted by atomic mass is 10.1. The Balaban J connectivity index is 1.90. The predicted molar refractivity (Wildman–Crippen MR) is 74.4 cm³/mol. The zero-order valence-corrected chi connectivity index (χ0v) is 11.9. The summed E-state index contributed by atoms with van der Waals surface area (Å²) in [6.07, 6.45) is 5.37. The zero-order valence-electron chi connectivity index (χ0n) is 10.3. The molecule has 0 aliphatic carbocycles. The molecule has 1 heterocycles. The molecule has 2 rings (SSSR count). The van der Waals surface area contributed by atoms with Crippen LogP contribution in [0, 0.1) is 0 Å². The standard InChI is InChI=1S/C14H15BrN2O/c1-17-9-8-16-14(17)7-6-12(18)10-11-4-2-3-5-13(11)15/h2-5,8-9H,6-7,10H2,1H3. The van der Waals surface area contributed by atoms with Gasteiger partial charge in [-0.05, 0) is 11.6 Å². The third kappa shape index (κ3) is 3.29. The Kier molecular flexibility index (Phi) is 4.31. The van der Waals surface area contributed by atoms with E-state index in [0.717, 1.165) is 15.9 Å². The molecular formula is C14H15BrN2O. The van der Waals surface area contributed by atoms with E-state index in [1.807, 2.05) is 42.1 Å². The number of imidazole rings is 1. The number of halogens is 1. The second-order valence-corrected chi connectivity index (χ2v) is 5.12. The van der Waals surface area contributed by atoms with E-state index in [0.29, 0.717) is 19.3 Å². The van der Waals surface area contributed by atoms with Gasteiger partial charge in [0.2, 0.25) is 0 Å². The molecule has 94 valence electrons. The molecule has 0 spiro atoms. The molecule has 18 heavy (non-hydrogen) atoms. The lowest BCUT2D eigenvalue weighted by molar-refractivity contribution is -0.118. The Hall–Kier alpha value is -1.42. The number of hydrogen-bond acceptors (Lipinski definition) is 2. The first kappa shape index (κ1) is 13.0. The van der Waals surface area contributed by atoms with Crippen molar-refractivity contribution >= 4 is 21.7 Å². The average molecular weight is 307 g/mol. The third-order valence-electron chi connectivity index (χ3n) is 2.89. The number of Topliss-reactive ketones (excluding diaryl/α,β-unsaturated/α-hetero) is 1. The van der Waals surface area contributed by atoms with E-state index in [-0.39, 0.29) is 5.78 Å². The van der Waals surface area contributed by atoms with Gasteiger partial charge in [-0.15, -0.1) is 0 Å². The minimum Gasteiger partial charge on any atom is -0.338 e. The molecule has 0 radical (unpaired) electrons. The van der Waals surface area contributed by atoms with Gasteiger partial charge in [-0.25, -0.2) is 4.98 Å². The van der Waals surface area contributed by atoms with Crippen LogP contribution in [0.15, 0.2) is 41.1 Å². The largest absolute Gasteiger partial charge is 0.338 e. The zero-order chi connectivity index (χ0) is 13.0. The van der Waals surface area contributed by atoms with Gasteiger partial charge in [-0.3, -0.25) is 4.79 Å². The molecule has 0 N–H and O–H groups in total. The van der Waals surface area contributed by atoms with Gasteiger partial charge in [0, 0.05) is 43.2 Å². The Bertz CT molecular complexity index is 548. The SMILES string of the molecule is Cn1ccnc1CCC(=O)Cc1ccccc1Br. The lowest BCUT2D eigenvalue weighted by Crippen LogP contribution is -2.07. The fourth-order valence-electron chi connectivity index (χ4n) is 1.83. The van der Waals surface area contributed by atoms with Gasteiger partial charge in [0.1, 0.15) is 11.6 Å². The summed E-state index contributed by atoms with van der Waals surface area (Å²) in [6.45, 7) is 0. The number of carbonyl (C=O) groups excluding carboxylic acids is 1. The summed E-state index contributed by atoms with van der Waals surface area (Å²) < 4.78 is 2.95. The number of nitrogens with zero attached hydrogens (tertiary/aromatic N) is 2. The van der Waals surface area contributed by atoms with E-state index >= 15 is 0 Å². The van der Waals surface area contributed by atoms with Crippen LogP contribution in [0.4, 0.5) is 0 Å². The van der Waals surface area contributed by atoms with Gasteiger partial charge in [0.15, 0.2) is 0 Å². The summed E-state index contributed by atoms with van der Waals surface area (Å²) in [4.78, 5) is 16.1. The molecule has 3 nitrogen and oxygen atoms in total. The van der Waals surface area contributed by atoms with Gasteiger partial charge in [0.05, 0.1) is 0 Å². The smallest absolute Gasteiger partial charge is 0.137 e. The van der Waals surface area contributed by atoms with Crippen LogP contribution in [0.2, 0.25) is 0 Å². The summed E-state index contributed by atoms with van der Waals surface area (Å²) in [5.74, 6) is 1.19. The van der Waals surface area contributed by atoms with Crippen LogP contribution in [0.25, 0.3) is 0 Å². The molecule has 1 aromatic heterocycles. The van der Waals surface area contributed by atoms with Crippen molar-refractivity contribution in [2.45, 2.75) is 19.3 Å². The van der Waals surface area contributed by atoms with Crippen LogP contribution >= 0.6 is 15.9 Å². The summed E-state index contributed by atoms with van der Waals surface area (Å²) >= 11 is 3.46. The molecule has 0 atom stereocenters. The fourth-order valence-corrected chi connectivity index (χ4v) is 2.26. The van der Waals surface area contributed by atoms with Gasteiger partial charge in [-0.2, -0.15) is 0 Å². The summed E-state index contributed by atoms with van der Waals surface area (Å²) in [7, 11) is 1.95. The highest BCUT2D eigenvalue weighted by molar-refractivity contribution is 9.10. The van der Waals surface area contributed by atoms with Crippen molar-refractivity contribution in [2.24, 2.45) is 7.05 Å². The van der Waals surface area contributed by atoms with Gasteiger partial charge < -0.3 is 4.57 Å². The van der Waals surface area contributed by atoms with Crippen LogP contribution in [-0.2, 0) is 24.7 Å². The number of aryl methyl sites for hydroxylation is 2. The Labute approximate surface area is 115 Å². The second kappa shape index (κ2) is 5.96. The van der Waals surface area contributed by atoms with Crippen molar-refractivity contribution < 1.29 is 4.79 Å². The maximum Gasteiger partial charge on any atom is 0.137 e. The van der Waals surface area contributed by atoms with Crippen molar-refractivity contribution in [1.29, 1.82) is 0 Å². The first-order valence-corrected chi connectivity index (χ1v) is 6.67. The van der Waals surface area contributed by atoms with Crippen LogP contribution < -0.4 is 0 Å². The fraction of sp³-hybridized carbons (Fsp3) is 0.286. The first-order valence-electron chi connectivity index (χ1n) is 5.88. The van der Waals surface area contributed by atoms with Crippen molar-refractivity contribution in [3.8, 4) is 0 Å². The normalized spacial score (nSPS) is 10.6. The van der Waals surface area contributed by atoms with Gasteiger partial charge >= 0.3 is 0 Å². The maximum atomic E-state index is 11.9. The molecule has 0 fully saturated rings. The monoisotopic (exact) mass is 306 g/mol. The van der Waals surface area contributed by atoms with E-state index < -0.39 is 0 Å². The summed E-state index contributed by atoms with van der Waals surface area (Å²) in [5, 5.41) is 0. The third-order valence-corrected chi connectivity index (χ3v) is 3.67. The van der Waals surface area contributed by atoms with E-state index in [1.165, 1.54) is 0 Å². The van der Waals surface area contributed by atoms with Crippen LogP contribution in [-0.4, -0.2) is 15.3 Å². The number of carbonyl (C=O) groups is 1. The summed E-state index contributed by atoms with van der Waals surface area (Å²) in [6, 6.07) is 7.84. The second-order valence-electron chi connectivity index (χ2n) is 4.26. The van der Waals surface area contributed by atoms with Crippen molar-refractivity contribution in [3.63, 3.8) is 0 Å². The molecule has 0 saturated carbocycles. The van der Waals surface area contributed by atoms with Crippen molar-refractivity contribution in [2.75, 3.05) is 0 Å². The first-order chi connectivity index (χ1) is 8.66. The Morgan fingerprint density at radius 3 is 2.83 bits per heavy atom. The average Bonchev–Trinajstić information content (AvgIpc) is 2.75. The highest BCUT2D eigenvalue weighted by atomic mass is 79.9. The number of benzene rings is 1. The van der Waals surface area contributed by atoms with Crippen LogP contribution in [0.3, 0.4) is 0 Å². The summed E-state index contributed by atoms with van der Waals surface area (Å²) in [5.41, 5.74) is 1.04. The van der Waals surface area contributed by atoms with E-state index in [1.54, 1.807) is 6.20 Å². The van der Waals surface area contributed by atoms with Crippen LogP contribution in [0.5, 0.6) is 0 Å². The maximum absolute atomic E-state index is 11.9. The molecular weight excluding hydrogens is 292 g/mol. The molecule has 4 heteroatoms. The number of rotatable bonds is 5. The molecule has 0 aliphatic heterocycles. The molecule has 0 saturated heterocycles. The van der Waals surface area contributed by atoms with E-state index in [2.05, 4.69) is 20.9 Å². The van der Waals surface area contributed by atoms with E-state index in [4.69, 9.17) is 0 Å². The molecule has 0 unspecified atom stereocenters. The number of aromatic nitrogens is 2. The molecule has 1 aromatic carbocycles. The van der Waals surface area contributed by atoms with Gasteiger partial charge in [0.25, 0.3) is 0 Å². The number of ketones is 1. The Morgan fingerprint density at radius 2 is 2.17 bits per heavy atom. The quantitative estimate of drug-likeness (QED) is 0.851. The highest BCUT2D eigenvalue weighted by Gasteiger charge is 2.08. The van der Waals surface area contributed by atoms with Crippen molar-refractivity contribution in [3.05, 3.63) is 52.5 Å². The molecule has 2 aromatic rings. The highest BCUT2D eigenvalue weighted by Crippen LogP contribution is 2.17.